The first kappa shape index (κ1) is 19.4. The van der Waals surface area contributed by atoms with Crippen LogP contribution >= 0.6 is 22.9 Å². The second kappa shape index (κ2) is 8.20. The number of aliphatic hydroxyl groups excluding tert-OH is 1. The van der Waals surface area contributed by atoms with Gasteiger partial charge in [0.1, 0.15) is 5.75 Å². The molecule has 0 aliphatic carbocycles. The van der Waals surface area contributed by atoms with Gasteiger partial charge in [0, 0.05) is 22.7 Å². The molecule has 0 spiro atoms. The molecule has 7 nitrogen and oxygen atoms in total. The Labute approximate surface area is 175 Å². The zero-order valence-corrected chi connectivity index (χ0v) is 16.9. The third-order valence-electron chi connectivity index (χ3n) is 4.02. The molecule has 0 fully saturated rings. The van der Waals surface area contributed by atoms with E-state index in [1.165, 1.54) is 11.3 Å². The molecule has 0 aliphatic heterocycles. The van der Waals surface area contributed by atoms with Gasteiger partial charge in [0.15, 0.2) is 0 Å². The topological polar surface area (TPSA) is 88.8 Å². The molecule has 2 aromatic heterocycles. The van der Waals surface area contributed by atoms with Gasteiger partial charge in [-0.2, -0.15) is 0 Å². The van der Waals surface area contributed by atoms with Crippen molar-refractivity contribution in [1.29, 1.82) is 0 Å². The molecule has 2 aromatic carbocycles. The lowest BCUT2D eigenvalue weighted by molar-refractivity contribution is 0.0923. The number of aromatic nitrogens is 3. The van der Waals surface area contributed by atoms with Crippen molar-refractivity contribution in [3.63, 3.8) is 0 Å². The number of rotatable bonds is 6. The third kappa shape index (κ3) is 4.56. The number of aliphatic hydroxyl groups is 1. The number of fused-ring (bicyclic) bond motifs is 1. The highest BCUT2D eigenvalue weighted by molar-refractivity contribution is 7.18. The van der Waals surface area contributed by atoms with Gasteiger partial charge < -0.3 is 15.2 Å². The Morgan fingerprint density at radius 2 is 2.10 bits per heavy atom. The van der Waals surface area contributed by atoms with Crippen LogP contribution in [0, 0.1) is 0 Å². The minimum absolute atomic E-state index is 0.184. The summed E-state index contributed by atoms with van der Waals surface area (Å²) in [7, 11) is 0. The first-order valence-electron chi connectivity index (χ1n) is 8.84. The van der Waals surface area contributed by atoms with Crippen LogP contribution in [0.25, 0.3) is 16.2 Å². The summed E-state index contributed by atoms with van der Waals surface area (Å²) in [6, 6.07) is 14.2. The highest BCUT2D eigenvalue weighted by Crippen LogP contribution is 2.29. The second-order valence-corrected chi connectivity index (χ2v) is 7.77. The predicted octanol–water partition coefficient (Wildman–Crippen LogP) is 4.01. The number of carbonyl (C=O) groups excluding carboxylic acids is 1. The summed E-state index contributed by atoms with van der Waals surface area (Å²) in [6.07, 6.45) is 1.21. The van der Waals surface area contributed by atoms with Crippen LogP contribution in [0.2, 0.25) is 5.02 Å². The molecule has 0 bridgehead atoms. The van der Waals surface area contributed by atoms with Crippen LogP contribution in [0.3, 0.4) is 0 Å². The Morgan fingerprint density at radius 1 is 1.31 bits per heavy atom. The fraction of sp³-hybridized carbons (Fsp3) is 0.150. The number of hydrogen-bond donors (Lipinski definition) is 2. The van der Waals surface area contributed by atoms with Crippen molar-refractivity contribution in [2.24, 2.45) is 0 Å². The van der Waals surface area contributed by atoms with Gasteiger partial charge in [-0.15, -0.1) is 5.10 Å². The van der Waals surface area contributed by atoms with Crippen LogP contribution in [-0.2, 0) is 0 Å². The summed E-state index contributed by atoms with van der Waals surface area (Å²) < 4.78 is 7.46. The molecule has 2 N–H and O–H groups in total. The minimum atomic E-state index is -0.609. The van der Waals surface area contributed by atoms with Gasteiger partial charge in [0.2, 0.25) is 4.96 Å². The average molecular weight is 429 g/mol. The van der Waals surface area contributed by atoms with Crippen molar-refractivity contribution < 1.29 is 14.6 Å². The Hall–Kier alpha value is -2.94. The van der Waals surface area contributed by atoms with Crippen LogP contribution in [-0.4, -0.2) is 38.3 Å². The quantitative estimate of drug-likeness (QED) is 0.484. The van der Waals surface area contributed by atoms with E-state index < -0.39 is 6.10 Å². The highest BCUT2D eigenvalue weighted by Gasteiger charge is 2.13. The molecule has 0 saturated heterocycles. The molecule has 0 aliphatic rings. The molecule has 1 amide bonds. The Bertz CT molecular complexity index is 1120. The molecular weight excluding hydrogens is 412 g/mol. The standard InChI is InChI=1S/C20H17ClN4O3S/c1-12(26)10-22-18(27)14-3-2-4-16(9-14)28-20-24-25-11-17(23-19(25)29-20)13-5-7-15(21)8-6-13/h2-9,11-12,26H,10H2,1H3,(H,22,27). The average Bonchev–Trinajstić information content (AvgIpc) is 3.25. The highest BCUT2D eigenvalue weighted by atomic mass is 35.5. The van der Waals surface area contributed by atoms with E-state index in [2.05, 4.69) is 15.4 Å². The lowest BCUT2D eigenvalue weighted by Gasteiger charge is -2.08. The van der Waals surface area contributed by atoms with Crippen molar-refractivity contribution in [1.82, 2.24) is 19.9 Å². The number of carbonyl (C=O) groups is 1. The Kier molecular flexibility index (Phi) is 5.48. The van der Waals surface area contributed by atoms with Crippen molar-refractivity contribution in [2.75, 3.05) is 6.54 Å². The molecule has 1 atom stereocenters. The normalized spacial score (nSPS) is 12.1. The maximum absolute atomic E-state index is 12.1. The van der Waals surface area contributed by atoms with E-state index in [-0.39, 0.29) is 12.5 Å². The zero-order valence-electron chi connectivity index (χ0n) is 15.4. The van der Waals surface area contributed by atoms with Crippen LogP contribution in [0.5, 0.6) is 10.9 Å². The van der Waals surface area contributed by atoms with Crippen molar-refractivity contribution >= 4 is 33.8 Å². The lowest BCUT2D eigenvalue weighted by Crippen LogP contribution is -2.30. The molecule has 29 heavy (non-hydrogen) atoms. The number of ether oxygens (including phenoxy) is 1. The molecule has 4 rings (SSSR count). The SMILES string of the molecule is CC(O)CNC(=O)c1cccc(Oc2nn3cc(-c4ccc(Cl)cc4)nc3s2)c1. The third-order valence-corrected chi connectivity index (χ3v) is 5.08. The maximum atomic E-state index is 12.1. The summed E-state index contributed by atoms with van der Waals surface area (Å²) in [5.74, 6) is 0.211. The molecule has 1 unspecified atom stereocenters. The number of benzene rings is 2. The maximum Gasteiger partial charge on any atom is 0.299 e. The summed E-state index contributed by atoms with van der Waals surface area (Å²) in [4.78, 5) is 17.4. The van der Waals surface area contributed by atoms with Crippen LogP contribution < -0.4 is 10.1 Å². The van der Waals surface area contributed by atoms with Crippen LogP contribution in [0.4, 0.5) is 0 Å². The van der Waals surface area contributed by atoms with E-state index in [0.717, 1.165) is 11.3 Å². The number of nitrogens with zero attached hydrogens (tertiary/aromatic N) is 3. The lowest BCUT2D eigenvalue weighted by atomic mass is 10.2. The van der Waals surface area contributed by atoms with Crippen LogP contribution in [0.1, 0.15) is 17.3 Å². The molecular formula is C20H17ClN4O3S. The van der Waals surface area contributed by atoms with E-state index in [1.54, 1.807) is 35.7 Å². The second-order valence-electron chi connectivity index (χ2n) is 6.42. The number of hydrogen-bond acceptors (Lipinski definition) is 6. The van der Waals surface area contributed by atoms with E-state index in [0.29, 0.717) is 26.5 Å². The van der Waals surface area contributed by atoms with Crippen molar-refractivity contribution in [3.8, 4) is 22.2 Å². The van der Waals surface area contributed by atoms with Gasteiger partial charge in [-0.3, -0.25) is 4.79 Å². The van der Waals surface area contributed by atoms with Crippen molar-refractivity contribution in [2.45, 2.75) is 13.0 Å². The Morgan fingerprint density at radius 3 is 2.83 bits per heavy atom. The monoisotopic (exact) mass is 428 g/mol. The fourth-order valence-electron chi connectivity index (χ4n) is 2.63. The van der Waals surface area contributed by atoms with E-state index in [1.807, 2.05) is 30.5 Å². The number of amides is 1. The molecule has 4 aromatic rings. The van der Waals surface area contributed by atoms with Gasteiger partial charge in [0.05, 0.1) is 18.0 Å². The summed E-state index contributed by atoms with van der Waals surface area (Å²) in [6.45, 7) is 1.79. The minimum Gasteiger partial charge on any atom is -0.430 e. The largest absolute Gasteiger partial charge is 0.430 e. The first-order chi connectivity index (χ1) is 14.0. The summed E-state index contributed by atoms with van der Waals surface area (Å²) in [5.41, 5.74) is 2.18. The smallest absolute Gasteiger partial charge is 0.299 e. The van der Waals surface area contributed by atoms with E-state index in [9.17, 15) is 9.90 Å². The summed E-state index contributed by atoms with van der Waals surface area (Å²) in [5, 5.41) is 17.4. The van der Waals surface area contributed by atoms with Gasteiger partial charge in [0.25, 0.3) is 11.1 Å². The fourth-order valence-corrected chi connectivity index (χ4v) is 3.51. The Balaban J connectivity index is 1.49. The van der Waals surface area contributed by atoms with Gasteiger partial charge in [-0.25, -0.2) is 9.50 Å². The van der Waals surface area contributed by atoms with Gasteiger partial charge in [-0.1, -0.05) is 29.8 Å². The molecule has 148 valence electrons. The van der Waals surface area contributed by atoms with Gasteiger partial charge in [-0.05, 0) is 48.6 Å². The molecule has 9 heteroatoms. The molecule has 2 heterocycles. The molecule has 0 radical (unpaired) electrons. The van der Waals surface area contributed by atoms with Crippen molar-refractivity contribution in [3.05, 3.63) is 65.3 Å². The zero-order chi connectivity index (χ0) is 20.4. The van der Waals surface area contributed by atoms with E-state index in [4.69, 9.17) is 16.3 Å². The first-order valence-corrected chi connectivity index (χ1v) is 10.0. The van der Waals surface area contributed by atoms with Gasteiger partial charge >= 0.3 is 0 Å². The van der Waals surface area contributed by atoms with E-state index >= 15 is 0 Å². The van der Waals surface area contributed by atoms with Crippen LogP contribution in [0.15, 0.2) is 54.7 Å². The number of imidazole rings is 1. The number of nitrogens with one attached hydrogen (secondary N) is 1. The predicted molar refractivity (Wildman–Crippen MR) is 112 cm³/mol. The molecule has 0 saturated carbocycles. The summed E-state index contributed by atoms with van der Waals surface area (Å²) >= 11 is 7.23. The number of halogens is 1.